The van der Waals surface area contributed by atoms with Crippen LogP contribution in [0.2, 0.25) is 0 Å². The van der Waals surface area contributed by atoms with E-state index in [1.807, 2.05) is 31.2 Å². The second-order valence-corrected chi connectivity index (χ2v) is 5.94. The highest BCUT2D eigenvalue weighted by atomic mass is 35.5. The van der Waals surface area contributed by atoms with Crippen molar-refractivity contribution in [1.82, 2.24) is 0 Å². The maximum Gasteiger partial charge on any atom is 0.191 e. The Morgan fingerprint density at radius 2 is 1.41 bits per heavy atom. The van der Waals surface area contributed by atoms with Gasteiger partial charge in [-0.1, -0.05) is 50.6 Å². The van der Waals surface area contributed by atoms with Crippen LogP contribution in [-0.4, -0.2) is 29.9 Å². The van der Waals surface area contributed by atoms with Crippen molar-refractivity contribution in [2.24, 2.45) is 0 Å². The quantitative estimate of drug-likeness (QED) is 0.384. The smallest absolute Gasteiger partial charge is 0.191 e. The van der Waals surface area contributed by atoms with Crippen LogP contribution in [0, 0.1) is 6.92 Å². The topological polar surface area (TPSA) is 17.1 Å². The zero-order valence-corrected chi connectivity index (χ0v) is 15.2. The van der Waals surface area contributed by atoms with Gasteiger partial charge in [-0.25, -0.2) is 0 Å². The number of carbonyl (C=O) groups excluding carboxylic acids is 1. The van der Waals surface area contributed by atoms with Crippen LogP contribution >= 0.6 is 0 Å². The van der Waals surface area contributed by atoms with Crippen LogP contribution in [-0.2, 0) is 0 Å². The molecule has 3 heteroatoms. The van der Waals surface area contributed by atoms with Crippen molar-refractivity contribution in [3.8, 4) is 0 Å². The van der Waals surface area contributed by atoms with E-state index in [1.165, 1.54) is 5.56 Å². The van der Waals surface area contributed by atoms with E-state index in [2.05, 4.69) is 27.0 Å². The van der Waals surface area contributed by atoms with E-state index in [0.717, 1.165) is 48.9 Å². The molecule has 0 fully saturated rings. The summed E-state index contributed by atoms with van der Waals surface area (Å²) in [4.78, 5) is 12.3. The van der Waals surface area contributed by atoms with Crippen molar-refractivity contribution in [1.29, 1.82) is 0 Å². The Bertz CT molecular complexity index is 448. The fraction of sp³-hybridized carbons (Fsp3) is 0.526. The summed E-state index contributed by atoms with van der Waals surface area (Å²) in [6.07, 6.45) is 7.35. The predicted molar refractivity (Wildman–Crippen MR) is 90.4 cm³/mol. The van der Waals surface area contributed by atoms with Crippen LogP contribution in [0.3, 0.4) is 0 Å². The van der Waals surface area contributed by atoms with Crippen LogP contribution < -0.4 is 12.4 Å². The molecule has 1 aromatic rings. The summed E-state index contributed by atoms with van der Waals surface area (Å²) < 4.78 is 0.932. The van der Waals surface area contributed by atoms with Crippen LogP contribution in [0.1, 0.15) is 56.0 Å². The van der Waals surface area contributed by atoms with Gasteiger partial charge in [-0.15, -0.1) is 0 Å². The lowest BCUT2D eigenvalue weighted by molar-refractivity contribution is -0.879. The molecule has 0 atom stereocenters. The zero-order valence-electron chi connectivity index (χ0n) is 14.4. The van der Waals surface area contributed by atoms with E-state index in [1.54, 1.807) is 6.08 Å². The monoisotopic (exact) mass is 323 g/mol. The van der Waals surface area contributed by atoms with Crippen molar-refractivity contribution in [3.63, 3.8) is 0 Å². The highest BCUT2D eigenvalue weighted by Crippen LogP contribution is 2.14. The summed E-state index contributed by atoms with van der Waals surface area (Å²) in [6, 6.07) is 7.81. The molecule has 0 aliphatic rings. The molecular weight excluding hydrogens is 294 g/mol. The predicted octanol–water partition coefficient (Wildman–Crippen LogP) is 1.74. The molecule has 0 amide bonds. The van der Waals surface area contributed by atoms with Crippen LogP contribution in [0.15, 0.2) is 36.5 Å². The number of hydrogen-bond donors (Lipinski definition) is 0. The molecule has 0 aliphatic heterocycles. The lowest BCUT2D eigenvalue weighted by Gasteiger charge is -2.34. The first-order chi connectivity index (χ1) is 10.1. The Balaban J connectivity index is 0.00000441. The Hall–Kier alpha value is -1.12. The molecule has 0 saturated heterocycles. The third kappa shape index (κ3) is 6.33. The fourth-order valence-corrected chi connectivity index (χ4v) is 2.93. The molecular formula is C19H30ClNO. The van der Waals surface area contributed by atoms with Gasteiger partial charge in [0.2, 0.25) is 0 Å². The molecule has 0 unspecified atom stereocenters. The van der Waals surface area contributed by atoms with Crippen molar-refractivity contribution < 1.29 is 21.7 Å². The van der Waals surface area contributed by atoms with Crippen molar-refractivity contribution in [2.45, 2.75) is 47.0 Å². The highest BCUT2D eigenvalue weighted by Gasteiger charge is 2.22. The molecule has 0 bridgehead atoms. The molecule has 1 rings (SSSR count). The molecule has 2 nitrogen and oxygen atoms in total. The number of carbonyl (C=O) groups is 1. The van der Waals surface area contributed by atoms with Gasteiger partial charge in [0.25, 0.3) is 0 Å². The van der Waals surface area contributed by atoms with E-state index in [9.17, 15) is 4.79 Å². The Kier molecular flexibility index (Phi) is 10.0. The van der Waals surface area contributed by atoms with E-state index in [-0.39, 0.29) is 18.2 Å². The Morgan fingerprint density at radius 3 is 1.82 bits per heavy atom. The number of ketones is 1. The SMILES string of the molecule is CCC[N+](/C=C/C(=O)c1ccc(C)cc1)(CCC)CCC.[Cl-]. The van der Waals surface area contributed by atoms with Gasteiger partial charge in [-0.2, -0.15) is 0 Å². The minimum absolute atomic E-state index is 0. The number of nitrogens with zero attached hydrogens (tertiary/aromatic N) is 1. The normalized spacial score (nSPS) is 11.5. The van der Waals surface area contributed by atoms with Gasteiger partial charge in [0.1, 0.15) is 0 Å². The third-order valence-corrected chi connectivity index (χ3v) is 3.89. The number of benzene rings is 1. The largest absolute Gasteiger partial charge is 1.00 e. The van der Waals surface area contributed by atoms with Gasteiger partial charge in [-0.3, -0.25) is 9.28 Å². The van der Waals surface area contributed by atoms with Gasteiger partial charge in [-0.05, 0) is 26.2 Å². The standard InChI is InChI=1S/C19H30NO.ClH/c1-5-13-20(14-6-2,15-7-3)16-12-19(21)18-10-8-17(4)9-11-18;/h8-12,16H,5-7,13-15H2,1-4H3;1H/q+1;/p-1/b16-12+;. The first-order valence-corrected chi connectivity index (χ1v) is 8.23. The van der Waals surface area contributed by atoms with Crippen molar-refractivity contribution >= 4 is 5.78 Å². The lowest BCUT2D eigenvalue weighted by Crippen LogP contribution is -3.00. The van der Waals surface area contributed by atoms with E-state index < -0.39 is 0 Å². The van der Waals surface area contributed by atoms with Crippen LogP contribution in [0.25, 0.3) is 0 Å². The van der Waals surface area contributed by atoms with Gasteiger partial charge in [0.15, 0.2) is 5.78 Å². The molecule has 22 heavy (non-hydrogen) atoms. The fourth-order valence-electron chi connectivity index (χ4n) is 2.93. The minimum Gasteiger partial charge on any atom is -1.00 e. The number of halogens is 1. The molecule has 124 valence electrons. The Morgan fingerprint density at radius 1 is 0.955 bits per heavy atom. The number of aryl methyl sites for hydroxylation is 1. The average Bonchev–Trinajstić information content (AvgIpc) is 2.46. The van der Waals surface area contributed by atoms with Gasteiger partial charge in [0.05, 0.1) is 25.8 Å². The number of quaternary nitrogens is 1. The lowest BCUT2D eigenvalue weighted by atomic mass is 10.1. The van der Waals surface area contributed by atoms with Crippen LogP contribution in [0.5, 0.6) is 0 Å². The number of allylic oxidation sites excluding steroid dienone is 1. The first kappa shape index (κ1) is 20.9. The first-order valence-electron chi connectivity index (χ1n) is 8.23. The van der Waals surface area contributed by atoms with Gasteiger partial charge >= 0.3 is 0 Å². The summed E-state index contributed by atoms with van der Waals surface area (Å²) >= 11 is 0. The minimum atomic E-state index is 0. The second kappa shape index (κ2) is 10.6. The number of hydrogen-bond acceptors (Lipinski definition) is 1. The number of rotatable bonds is 9. The van der Waals surface area contributed by atoms with E-state index in [4.69, 9.17) is 0 Å². The summed E-state index contributed by atoms with van der Waals surface area (Å²) in [5.74, 6) is 0.112. The summed E-state index contributed by atoms with van der Waals surface area (Å²) in [5.41, 5.74) is 1.96. The Labute approximate surface area is 142 Å². The molecule has 0 aromatic heterocycles. The molecule has 0 aliphatic carbocycles. The maximum absolute atomic E-state index is 12.3. The maximum atomic E-state index is 12.3. The van der Waals surface area contributed by atoms with Gasteiger partial charge < -0.3 is 12.4 Å². The average molecular weight is 324 g/mol. The third-order valence-electron chi connectivity index (χ3n) is 3.89. The highest BCUT2D eigenvalue weighted by molar-refractivity contribution is 6.04. The molecule has 0 saturated carbocycles. The molecule has 1 aromatic carbocycles. The molecule has 0 spiro atoms. The molecule has 0 N–H and O–H groups in total. The van der Waals surface area contributed by atoms with E-state index in [0.29, 0.717) is 0 Å². The molecule has 0 heterocycles. The molecule has 0 radical (unpaired) electrons. The summed E-state index contributed by atoms with van der Waals surface area (Å²) in [7, 11) is 0. The summed E-state index contributed by atoms with van der Waals surface area (Å²) in [5, 5.41) is 0. The van der Waals surface area contributed by atoms with E-state index >= 15 is 0 Å². The van der Waals surface area contributed by atoms with Crippen molar-refractivity contribution in [2.75, 3.05) is 19.6 Å². The second-order valence-electron chi connectivity index (χ2n) is 5.94. The zero-order chi connectivity index (χ0) is 15.7. The summed E-state index contributed by atoms with van der Waals surface area (Å²) in [6.45, 7) is 12.0. The van der Waals surface area contributed by atoms with Gasteiger partial charge in [0, 0.05) is 11.6 Å². The van der Waals surface area contributed by atoms with Crippen LogP contribution in [0.4, 0.5) is 0 Å². The van der Waals surface area contributed by atoms with Crippen molar-refractivity contribution in [3.05, 3.63) is 47.7 Å².